The van der Waals surface area contributed by atoms with Crippen LogP contribution in [-0.4, -0.2) is 34.2 Å². The van der Waals surface area contributed by atoms with Crippen molar-refractivity contribution in [1.82, 2.24) is 9.97 Å². The minimum Gasteiger partial charge on any atom is -0.462 e. The standard InChI is InChI=1S/C22H21N3O4S2/c1-2-29-21(28)17-10-6-7-11-18(17)24-20(27)14-31-22-23-15(12-19(26)25-22)13-30-16-8-4-3-5-9-16/h3-12H,2,13-14H2,1H3,(H,24,27)(H,23,25,26). The first-order chi connectivity index (χ1) is 15.0. The number of carbonyl (C=O) groups is 2. The van der Waals surface area contributed by atoms with E-state index in [0.717, 1.165) is 16.7 Å². The molecule has 1 aromatic heterocycles. The highest BCUT2D eigenvalue weighted by molar-refractivity contribution is 7.99. The molecule has 0 aliphatic carbocycles. The molecule has 31 heavy (non-hydrogen) atoms. The third-order valence-electron chi connectivity index (χ3n) is 3.94. The Bertz CT molecular complexity index is 1100. The minimum atomic E-state index is -0.499. The summed E-state index contributed by atoms with van der Waals surface area (Å²) in [5.41, 5.74) is 1.03. The third-order valence-corrected chi connectivity index (χ3v) is 5.86. The van der Waals surface area contributed by atoms with Gasteiger partial charge in [0.2, 0.25) is 5.91 Å². The fourth-order valence-corrected chi connectivity index (χ4v) is 4.11. The lowest BCUT2D eigenvalue weighted by atomic mass is 10.2. The van der Waals surface area contributed by atoms with Crippen LogP contribution in [0.15, 0.2) is 75.5 Å². The van der Waals surface area contributed by atoms with Crippen molar-refractivity contribution in [1.29, 1.82) is 0 Å². The van der Waals surface area contributed by atoms with Crippen LogP contribution in [0.4, 0.5) is 5.69 Å². The molecule has 0 saturated carbocycles. The van der Waals surface area contributed by atoms with Gasteiger partial charge in [-0.25, -0.2) is 9.78 Å². The lowest BCUT2D eigenvalue weighted by Gasteiger charge is -2.10. The van der Waals surface area contributed by atoms with Crippen LogP contribution in [0.2, 0.25) is 0 Å². The molecule has 9 heteroatoms. The predicted octanol–water partition coefficient (Wildman–Crippen LogP) is 3.97. The molecule has 0 atom stereocenters. The number of ether oxygens (including phenoxy) is 1. The molecule has 0 bridgehead atoms. The van der Waals surface area contributed by atoms with E-state index in [1.807, 2.05) is 30.3 Å². The van der Waals surface area contributed by atoms with Gasteiger partial charge in [0.25, 0.3) is 5.56 Å². The molecule has 160 valence electrons. The Kier molecular flexibility index (Phi) is 8.31. The Balaban J connectivity index is 1.60. The molecule has 1 heterocycles. The lowest BCUT2D eigenvalue weighted by molar-refractivity contribution is -0.113. The SMILES string of the molecule is CCOC(=O)c1ccccc1NC(=O)CSc1nc(CSc2ccccc2)cc(=O)[nH]1. The number of rotatable bonds is 9. The molecule has 3 aromatic rings. The number of anilines is 1. The molecule has 0 aliphatic rings. The molecule has 1 amide bonds. The van der Waals surface area contributed by atoms with Gasteiger partial charge < -0.3 is 15.0 Å². The molecule has 7 nitrogen and oxygen atoms in total. The normalized spacial score (nSPS) is 10.5. The van der Waals surface area contributed by atoms with Crippen molar-refractivity contribution >= 4 is 41.1 Å². The number of hydrogen-bond acceptors (Lipinski definition) is 7. The molecule has 0 aliphatic heterocycles. The summed E-state index contributed by atoms with van der Waals surface area (Å²) >= 11 is 2.70. The number of nitrogens with one attached hydrogen (secondary N) is 2. The number of H-pyrrole nitrogens is 1. The largest absolute Gasteiger partial charge is 0.462 e. The number of para-hydroxylation sites is 1. The van der Waals surface area contributed by atoms with E-state index < -0.39 is 5.97 Å². The van der Waals surface area contributed by atoms with Gasteiger partial charge in [-0.15, -0.1) is 11.8 Å². The van der Waals surface area contributed by atoms with Gasteiger partial charge >= 0.3 is 5.97 Å². The summed E-state index contributed by atoms with van der Waals surface area (Å²) in [6.45, 7) is 1.96. The van der Waals surface area contributed by atoms with Crippen LogP contribution >= 0.6 is 23.5 Å². The van der Waals surface area contributed by atoms with Crippen molar-refractivity contribution in [2.24, 2.45) is 0 Å². The van der Waals surface area contributed by atoms with Crippen LogP contribution in [0.3, 0.4) is 0 Å². The van der Waals surface area contributed by atoms with Gasteiger partial charge in [0.15, 0.2) is 5.16 Å². The first kappa shape index (κ1) is 22.6. The van der Waals surface area contributed by atoms with E-state index in [2.05, 4.69) is 15.3 Å². The summed E-state index contributed by atoms with van der Waals surface area (Å²) in [7, 11) is 0. The summed E-state index contributed by atoms with van der Waals surface area (Å²) in [6.07, 6.45) is 0. The molecule has 2 N–H and O–H groups in total. The summed E-state index contributed by atoms with van der Waals surface area (Å²) in [4.78, 5) is 44.6. The van der Waals surface area contributed by atoms with Crippen LogP contribution < -0.4 is 10.9 Å². The third kappa shape index (κ3) is 7.01. The van der Waals surface area contributed by atoms with E-state index in [1.54, 1.807) is 43.0 Å². The monoisotopic (exact) mass is 455 g/mol. The van der Waals surface area contributed by atoms with Crippen molar-refractivity contribution in [3.63, 3.8) is 0 Å². The molecule has 0 fully saturated rings. The molecule has 2 aromatic carbocycles. The summed E-state index contributed by atoms with van der Waals surface area (Å²) in [6, 6.07) is 17.9. The smallest absolute Gasteiger partial charge is 0.340 e. The molecular formula is C22H21N3O4S2. The maximum Gasteiger partial charge on any atom is 0.340 e. The van der Waals surface area contributed by atoms with Crippen molar-refractivity contribution in [3.8, 4) is 0 Å². The van der Waals surface area contributed by atoms with Crippen molar-refractivity contribution in [2.75, 3.05) is 17.7 Å². The number of aromatic nitrogens is 2. The zero-order chi connectivity index (χ0) is 22.1. The predicted molar refractivity (Wildman–Crippen MR) is 123 cm³/mol. The topological polar surface area (TPSA) is 101 Å². The number of benzene rings is 2. The van der Waals surface area contributed by atoms with Gasteiger partial charge in [-0.3, -0.25) is 9.59 Å². The van der Waals surface area contributed by atoms with Crippen LogP contribution in [0.1, 0.15) is 23.0 Å². The van der Waals surface area contributed by atoms with Gasteiger partial charge in [-0.05, 0) is 31.2 Å². The van der Waals surface area contributed by atoms with E-state index in [-0.39, 0.29) is 29.4 Å². The number of hydrogen-bond donors (Lipinski definition) is 2. The van der Waals surface area contributed by atoms with Crippen LogP contribution in [0, 0.1) is 0 Å². The molecule has 0 unspecified atom stereocenters. The second kappa shape index (κ2) is 11.4. The van der Waals surface area contributed by atoms with Gasteiger partial charge in [-0.1, -0.05) is 42.1 Å². The number of esters is 1. The highest BCUT2D eigenvalue weighted by atomic mass is 32.2. The number of carbonyl (C=O) groups excluding carboxylic acids is 2. The molecule has 0 spiro atoms. The first-order valence-corrected chi connectivity index (χ1v) is 11.5. The van der Waals surface area contributed by atoms with Gasteiger partial charge in [0.1, 0.15) is 0 Å². The van der Waals surface area contributed by atoms with Crippen LogP contribution in [0.25, 0.3) is 0 Å². The van der Waals surface area contributed by atoms with Gasteiger partial charge in [-0.2, -0.15) is 0 Å². The number of nitrogens with zero attached hydrogens (tertiary/aromatic N) is 1. The second-order valence-corrected chi connectivity index (χ2v) is 8.26. The Hall–Kier alpha value is -3.04. The maximum absolute atomic E-state index is 12.4. The highest BCUT2D eigenvalue weighted by Gasteiger charge is 2.14. The Morgan fingerprint density at radius 1 is 1.06 bits per heavy atom. The quantitative estimate of drug-likeness (QED) is 0.286. The zero-order valence-electron chi connectivity index (χ0n) is 16.8. The highest BCUT2D eigenvalue weighted by Crippen LogP contribution is 2.22. The van der Waals surface area contributed by atoms with Crippen LogP contribution in [0.5, 0.6) is 0 Å². The number of amides is 1. The maximum atomic E-state index is 12.4. The van der Waals surface area contributed by atoms with Crippen molar-refractivity contribution in [3.05, 3.63) is 82.3 Å². The van der Waals surface area contributed by atoms with Crippen LogP contribution in [-0.2, 0) is 15.3 Å². The lowest BCUT2D eigenvalue weighted by Crippen LogP contribution is -2.18. The second-order valence-electron chi connectivity index (χ2n) is 6.25. The van der Waals surface area contributed by atoms with E-state index >= 15 is 0 Å². The fraction of sp³-hybridized carbons (Fsp3) is 0.182. The van der Waals surface area contributed by atoms with Gasteiger partial charge in [0.05, 0.1) is 29.3 Å². The van der Waals surface area contributed by atoms with Crippen molar-refractivity contribution in [2.45, 2.75) is 22.7 Å². The number of aromatic amines is 1. The van der Waals surface area contributed by atoms with Crippen molar-refractivity contribution < 1.29 is 14.3 Å². The number of thioether (sulfide) groups is 2. The Labute approximate surface area is 188 Å². The van der Waals surface area contributed by atoms with E-state index in [4.69, 9.17) is 4.74 Å². The fourth-order valence-electron chi connectivity index (χ4n) is 2.60. The summed E-state index contributed by atoms with van der Waals surface area (Å²) in [5.74, 6) is -0.259. The summed E-state index contributed by atoms with van der Waals surface area (Å²) in [5, 5.41) is 3.08. The Morgan fingerprint density at radius 3 is 2.58 bits per heavy atom. The summed E-state index contributed by atoms with van der Waals surface area (Å²) < 4.78 is 5.01. The first-order valence-electron chi connectivity index (χ1n) is 9.52. The molecule has 0 radical (unpaired) electrons. The molecule has 0 saturated heterocycles. The van der Waals surface area contributed by atoms with E-state index in [0.29, 0.717) is 22.3 Å². The average molecular weight is 456 g/mol. The average Bonchev–Trinajstić information content (AvgIpc) is 2.77. The minimum absolute atomic E-state index is 0.0232. The van der Waals surface area contributed by atoms with E-state index in [9.17, 15) is 14.4 Å². The van der Waals surface area contributed by atoms with Gasteiger partial charge in [0, 0.05) is 16.7 Å². The van der Waals surface area contributed by atoms with E-state index in [1.165, 1.54) is 6.07 Å². The zero-order valence-corrected chi connectivity index (χ0v) is 18.4. The molecule has 3 rings (SSSR count). The molecular weight excluding hydrogens is 434 g/mol. The Morgan fingerprint density at radius 2 is 1.81 bits per heavy atom.